The molecule has 0 spiro atoms. The summed E-state index contributed by atoms with van der Waals surface area (Å²) < 4.78 is 42.4. The van der Waals surface area contributed by atoms with E-state index in [1.807, 2.05) is 0 Å². The minimum Gasteiger partial charge on any atom is -0.330 e. The van der Waals surface area contributed by atoms with Crippen LogP contribution in [0, 0.1) is 18.7 Å². The minimum absolute atomic E-state index is 0.191. The molecule has 2 rings (SSSR count). The highest BCUT2D eigenvalue weighted by Gasteiger charge is 2.28. The van der Waals surface area contributed by atoms with Crippen molar-refractivity contribution in [2.75, 3.05) is 24.4 Å². The van der Waals surface area contributed by atoms with Gasteiger partial charge in [0.25, 0.3) is 0 Å². The van der Waals surface area contributed by atoms with Crippen LogP contribution in [0.1, 0.15) is 18.4 Å². The average Bonchev–Trinajstić information content (AvgIpc) is 2.44. The Morgan fingerprint density at radius 1 is 1.52 bits per heavy atom. The third-order valence-corrected chi connectivity index (χ3v) is 5.76. The second-order valence-electron chi connectivity index (χ2n) is 5.29. The minimum atomic E-state index is -3.65. The van der Waals surface area contributed by atoms with Crippen molar-refractivity contribution in [3.63, 3.8) is 0 Å². The molecule has 0 aliphatic carbocycles. The zero-order valence-electron chi connectivity index (χ0n) is 11.8. The van der Waals surface area contributed by atoms with Crippen molar-refractivity contribution in [1.82, 2.24) is 4.31 Å². The third kappa shape index (κ3) is 3.94. The van der Waals surface area contributed by atoms with Crippen LogP contribution < -0.4 is 10.5 Å². The van der Waals surface area contributed by atoms with Gasteiger partial charge in [-0.3, -0.25) is 4.72 Å². The Bertz CT molecular complexity index is 624. The first kappa shape index (κ1) is 16.7. The van der Waals surface area contributed by atoms with Crippen LogP contribution in [0.15, 0.2) is 16.6 Å². The number of rotatable bonds is 4. The van der Waals surface area contributed by atoms with Crippen LogP contribution in [-0.2, 0) is 10.2 Å². The van der Waals surface area contributed by atoms with Gasteiger partial charge in [-0.25, -0.2) is 4.39 Å². The SMILES string of the molecule is Cc1cc(F)c(Br)cc1NS(=O)(=O)N1CCCC(CN)C1. The summed E-state index contributed by atoms with van der Waals surface area (Å²) in [6, 6.07) is 2.73. The van der Waals surface area contributed by atoms with Gasteiger partial charge in [-0.05, 0) is 65.9 Å². The predicted molar refractivity (Wildman–Crippen MR) is 84.7 cm³/mol. The Kier molecular flexibility index (Phi) is 5.24. The van der Waals surface area contributed by atoms with Crippen molar-refractivity contribution in [1.29, 1.82) is 0 Å². The molecule has 1 saturated heterocycles. The standard InChI is InChI=1S/C13H19BrFN3O2S/c1-9-5-12(15)11(14)6-13(9)17-21(19,20)18-4-2-3-10(7-16)8-18/h5-6,10,17H,2-4,7-8,16H2,1H3. The van der Waals surface area contributed by atoms with Gasteiger partial charge in [0.15, 0.2) is 0 Å². The Morgan fingerprint density at radius 3 is 2.90 bits per heavy atom. The molecule has 1 atom stereocenters. The van der Waals surface area contributed by atoms with Crippen LogP contribution in [0.2, 0.25) is 0 Å². The van der Waals surface area contributed by atoms with Crippen molar-refractivity contribution in [2.24, 2.45) is 11.7 Å². The van der Waals surface area contributed by atoms with E-state index in [9.17, 15) is 12.8 Å². The highest BCUT2D eigenvalue weighted by atomic mass is 79.9. The first-order valence-corrected chi connectivity index (χ1v) is 9.00. The lowest BCUT2D eigenvalue weighted by Gasteiger charge is -2.31. The normalized spacial score (nSPS) is 20.5. The van der Waals surface area contributed by atoms with Gasteiger partial charge in [-0.15, -0.1) is 0 Å². The van der Waals surface area contributed by atoms with Gasteiger partial charge in [0.2, 0.25) is 0 Å². The molecule has 1 unspecified atom stereocenters. The Labute approximate surface area is 133 Å². The van der Waals surface area contributed by atoms with E-state index in [1.54, 1.807) is 6.92 Å². The zero-order chi connectivity index (χ0) is 15.6. The van der Waals surface area contributed by atoms with Crippen LogP contribution in [0.3, 0.4) is 0 Å². The molecular formula is C13H19BrFN3O2S. The second-order valence-corrected chi connectivity index (χ2v) is 7.82. The highest BCUT2D eigenvalue weighted by Crippen LogP contribution is 2.26. The molecular weight excluding hydrogens is 361 g/mol. The summed E-state index contributed by atoms with van der Waals surface area (Å²) in [5, 5.41) is 0. The molecule has 118 valence electrons. The van der Waals surface area contributed by atoms with Crippen LogP contribution >= 0.6 is 15.9 Å². The molecule has 21 heavy (non-hydrogen) atoms. The molecule has 0 radical (unpaired) electrons. The van der Waals surface area contributed by atoms with Crippen molar-refractivity contribution in [2.45, 2.75) is 19.8 Å². The first-order chi connectivity index (χ1) is 9.83. The van der Waals surface area contributed by atoms with E-state index in [1.165, 1.54) is 16.4 Å². The summed E-state index contributed by atoms with van der Waals surface area (Å²) in [7, 11) is -3.65. The fraction of sp³-hybridized carbons (Fsp3) is 0.538. The maximum atomic E-state index is 13.4. The number of nitrogens with one attached hydrogen (secondary N) is 1. The maximum Gasteiger partial charge on any atom is 0.301 e. The van der Waals surface area contributed by atoms with Crippen LogP contribution in [-0.4, -0.2) is 32.4 Å². The van der Waals surface area contributed by atoms with Gasteiger partial charge in [0.1, 0.15) is 5.82 Å². The van der Waals surface area contributed by atoms with Crippen LogP contribution in [0.5, 0.6) is 0 Å². The van der Waals surface area contributed by atoms with Gasteiger partial charge in [0, 0.05) is 13.1 Å². The van der Waals surface area contributed by atoms with Crippen molar-refractivity contribution < 1.29 is 12.8 Å². The lowest BCUT2D eigenvalue weighted by atomic mass is 10.0. The highest BCUT2D eigenvalue weighted by molar-refractivity contribution is 9.10. The van der Waals surface area contributed by atoms with Crippen molar-refractivity contribution >= 4 is 31.8 Å². The predicted octanol–water partition coefficient (Wildman–Crippen LogP) is 2.22. The van der Waals surface area contributed by atoms with Gasteiger partial charge in [-0.1, -0.05) is 0 Å². The second kappa shape index (κ2) is 6.60. The number of nitrogens with zero attached hydrogens (tertiary/aromatic N) is 1. The van der Waals surface area contributed by atoms with Gasteiger partial charge < -0.3 is 5.73 Å². The van der Waals surface area contributed by atoms with E-state index >= 15 is 0 Å². The summed E-state index contributed by atoms with van der Waals surface area (Å²) in [5.41, 5.74) is 6.54. The maximum absolute atomic E-state index is 13.4. The van der Waals surface area contributed by atoms with Crippen LogP contribution in [0.25, 0.3) is 0 Å². The molecule has 0 amide bonds. The molecule has 1 aliphatic heterocycles. The number of nitrogens with two attached hydrogens (primary N) is 1. The monoisotopic (exact) mass is 379 g/mol. The molecule has 1 aromatic carbocycles. The van der Waals surface area contributed by atoms with Crippen molar-refractivity contribution in [3.05, 3.63) is 28.0 Å². The van der Waals surface area contributed by atoms with Gasteiger partial charge >= 0.3 is 10.2 Å². The van der Waals surface area contributed by atoms with Crippen molar-refractivity contribution in [3.8, 4) is 0 Å². The van der Waals surface area contributed by atoms with Crippen LogP contribution in [0.4, 0.5) is 10.1 Å². The Morgan fingerprint density at radius 2 is 2.24 bits per heavy atom. The molecule has 5 nitrogen and oxygen atoms in total. The molecule has 0 aromatic heterocycles. The molecule has 1 aliphatic rings. The molecule has 0 bridgehead atoms. The van der Waals surface area contributed by atoms with E-state index in [2.05, 4.69) is 20.7 Å². The average molecular weight is 380 g/mol. The molecule has 3 N–H and O–H groups in total. The number of hydrogen-bond acceptors (Lipinski definition) is 3. The van der Waals surface area contributed by atoms with Gasteiger partial charge in [-0.2, -0.15) is 12.7 Å². The molecule has 1 aromatic rings. The van der Waals surface area contributed by atoms with E-state index < -0.39 is 16.0 Å². The third-order valence-electron chi connectivity index (χ3n) is 3.66. The number of benzene rings is 1. The summed E-state index contributed by atoms with van der Waals surface area (Å²) in [6.07, 6.45) is 1.75. The molecule has 1 heterocycles. The van der Waals surface area contributed by atoms with E-state index in [-0.39, 0.29) is 10.4 Å². The molecule has 1 fully saturated rings. The molecule has 8 heteroatoms. The van der Waals surface area contributed by atoms with E-state index in [0.29, 0.717) is 30.9 Å². The number of piperidine rings is 1. The topological polar surface area (TPSA) is 75.4 Å². The fourth-order valence-electron chi connectivity index (χ4n) is 2.40. The number of aryl methyl sites for hydroxylation is 1. The number of hydrogen-bond donors (Lipinski definition) is 2. The lowest BCUT2D eigenvalue weighted by Crippen LogP contribution is -2.44. The Balaban J connectivity index is 2.19. The van der Waals surface area contributed by atoms with E-state index in [0.717, 1.165) is 12.8 Å². The summed E-state index contributed by atoms with van der Waals surface area (Å²) in [6.45, 7) is 3.04. The summed E-state index contributed by atoms with van der Waals surface area (Å²) in [5.74, 6) is -0.229. The summed E-state index contributed by atoms with van der Waals surface area (Å²) >= 11 is 3.06. The first-order valence-electron chi connectivity index (χ1n) is 6.77. The van der Waals surface area contributed by atoms with Gasteiger partial charge in [0.05, 0.1) is 10.2 Å². The number of anilines is 1. The summed E-state index contributed by atoms with van der Waals surface area (Å²) in [4.78, 5) is 0. The Hall–Kier alpha value is -0.700. The quantitative estimate of drug-likeness (QED) is 0.841. The van der Waals surface area contributed by atoms with E-state index in [4.69, 9.17) is 5.73 Å². The largest absolute Gasteiger partial charge is 0.330 e. The number of halogens is 2. The molecule has 0 saturated carbocycles. The fourth-order valence-corrected chi connectivity index (χ4v) is 4.14. The zero-order valence-corrected chi connectivity index (χ0v) is 14.2. The smallest absolute Gasteiger partial charge is 0.301 e. The lowest BCUT2D eigenvalue weighted by molar-refractivity contribution is 0.273.